The predicted molar refractivity (Wildman–Crippen MR) is 59.7 cm³/mol. The van der Waals surface area contributed by atoms with Crippen LogP contribution in [0.15, 0.2) is 18.7 Å². The van der Waals surface area contributed by atoms with Gasteiger partial charge < -0.3 is 0 Å². The molecule has 0 spiro atoms. The number of hydrogen-bond donors (Lipinski definition) is 0. The van der Waals surface area contributed by atoms with E-state index in [1.807, 2.05) is 17.1 Å². The first kappa shape index (κ1) is 9.63. The van der Waals surface area contributed by atoms with E-state index in [4.69, 9.17) is 0 Å². The van der Waals surface area contributed by atoms with Crippen LogP contribution in [0, 0.1) is 3.83 Å². The van der Waals surface area contributed by atoms with E-state index in [2.05, 4.69) is 44.7 Å². The number of aryl methyl sites for hydroxylation is 1. The van der Waals surface area contributed by atoms with Gasteiger partial charge in [0.05, 0.1) is 12.7 Å². The molecule has 0 bridgehead atoms. The smallest absolute Gasteiger partial charge is 0.211 e. The third-order valence-corrected chi connectivity index (χ3v) is 2.36. The summed E-state index contributed by atoms with van der Waals surface area (Å²) in [6.07, 6.45) is 5.61. The van der Waals surface area contributed by atoms with Crippen molar-refractivity contribution in [1.82, 2.24) is 24.5 Å². The van der Waals surface area contributed by atoms with Crippen LogP contribution in [0.5, 0.6) is 0 Å². The maximum Gasteiger partial charge on any atom is 0.211 e. The monoisotopic (exact) mass is 303 g/mol. The number of rotatable bonds is 3. The van der Waals surface area contributed by atoms with Crippen molar-refractivity contribution in [2.75, 3.05) is 0 Å². The predicted octanol–water partition coefficient (Wildman–Crippen LogP) is 1.15. The highest BCUT2D eigenvalue weighted by molar-refractivity contribution is 14.1. The Balaban J connectivity index is 2.10. The van der Waals surface area contributed by atoms with Crippen LogP contribution in [0.4, 0.5) is 0 Å². The molecule has 0 aliphatic heterocycles. The molecule has 0 atom stereocenters. The Labute approximate surface area is 95.3 Å². The molecule has 0 aliphatic rings. The maximum atomic E-state index is 4.20. The van der Waals surface area contributed by atoms with E-state index in [0.29, 0.717) is 0 Å². The Morgan fingerprint density at radius 2 is 2.29 bits per heavy atom. The van der Waals surface area contributed by atoms with Gasteiger partial charge in [-0.3, -0.25) is 4.68 Å². The Morgan fingerprint density at radius 3 is 2.86 bits per heavy atom. The summed E-state index contributed by atoms with van der Waals surface area (Å²) in [6.45, 7) is 3.69. The summed E-state index contributed by atoms with van der Waals surface area (Å²) in [4.78, 5) is 4.05. The fraction of sp³-hybridized carbons (Fsp3) is 0.375. The van der Waals surface area contributed by atoms with Gasteiger partial charge in [-0.2, -0.15) is 5.10 Å². The first-order chi connectivity index (χ1) is 6.78. The van der Waals surface area contributed by atoms with Gasteiger partial charge in [-0.05, 0) is 6.92 Å². The van der Waals surface area contributed by atoms with Gasteiger partial charge in [0.25, 0.3) is 0 Å². The summed E-state index contributed by atoms with van der Waals surface area (Å²) < 4.78 is 4.47. The summed E-state index contributed by atoms with van der Waals surface area (Å²) in [5.41, 5.74) is 1.15. The lowest BCUT2D eigenvalue weighted by Gasteiger charge is -1.95. The zero-order valence-electron chi connectivity index (χ0n) is 7.76. The van der Waals surface area contributed by atoms with Gasteiger partial charge in [-0.1, -0.05) is 0 Å². The molecular weight excluding hydrogens is 293 g/mol. The lowest BCUT2D eigenvalue weighted by Crippen LogP contribution is -1.99. The SMILES string of the molecule is CCn1cc(Cn2cnc(I)n2)cn1. The molecule has 6 heteroatoms. The number of halogens is 1. The Hall–Kier alpha value is -0.920. The van der Waals surface area contributed by atoms with Crippen LogP contribution in [0.3, 0.4) is 0 Å². The van der Waals surface area contributed by atoms with E-state index >= 15 is 0 Å². The Morgan fingerprint density at radius 1 is 1.43 bits per heavy atom. The molecule has 0 aliphatic carbocycles. The topological polar surface area (TPSA) is 48.5 Å². The summed E-state index contributed by atoms with van der Waals surface area (Å²) >= 11 is 2.09. The van der Waals surface area contributed by atoms with Crippen molar-refractivity contribution in [2.24, 2.45) is 0 Å². The number of nitrogens with zero attached hydrogens (tertiary/aromatic N) is 5. The molecule has 0 saturated heterocycles. The van der Waals surface area contributed by atoms with Crippen LogP contribution < -0.4 is 0 Å². The highest BCUT2D eigenvalue weighted by atomic mass is 127. The van der Waals surface area contributed by atoms with Crippen LogP contribution in [-0.4, -0.2) is 24.5 Å². The molecule has 2 heterocycles. The molecule has 14 heavy (non-hydrogen) atoms. The fourth-order valence-electron chi connectivity index (χ4n) is 1.20. The van der Waals surface area contributed by atoms with Crippen molar-refractivity contribution < 1.29 is 0 Å². The van der Waals surface area contributed by atoms with Crippen molar-refractivity contribution >= 4 is 22.6 Å². The van der Waals surface area contributed by atoms with Crippen molar-refractivity contribution in [1.29, 1.82) is 0 Å². The van der Waals surface area contributed by atoms with E-state index in [1.165, 1.54) is 0 Å². The minimum Gasteiger partial charge on any atom is -0.273 e. The normalized spacial score (nSPS) is 10.7. The minimum absolute atomic E-state index is 0.732. The quantitative estimate of drug-likeness (QED) is 0.799. The summed E-state index contributed by atoms with van der Waals surface area (Å²) in [6, 6.07) is 0. The van der Waals surface area contributed by atoms with Crippen LogP contribution in [0.25, 0.3) is 0 Å². The second kappa shape index (κ2) is 4.07. The van der Waals surface area contributed by atoms with Gasteiger partial charge in [-0.15, -0.1) is 5.10 Å². The second-order valence-corrected chi connectivity index (χ2v) is 3.88. The molecule has 0 aromatic carbocycles. The zero-order valence-corrected chi connectivity index (χ0v) is 9.92. The van der Waals surface area contributed by atoms with Crippen molar-refractivity contribution in [2.45, 2.75) is 20.0 Å². The van der Waals surface area contributed by atoms with Gasteiger partial charge in [0, 0.05) is 40.9 Å². The highest BCUT2D eigenvalue weighted by Gasteiger charge is 2.00. The van der Waals surface area contributed by atoms with E-state index < -0.39 is 0 Å². The summed E-state index contributed by atoms with van der Waals surface area (Å²) in [7, 11) is 0. The van der Waals surface area contributed by atoms with E-state index in [1.54, 1.807) is 11.0 Å². The molecule has 0 N–H and O–H groups in total. The first-order valence-corrected chi connectivity index (χ1v) is 5.42. The maximum absolute atomic E-state index is 4.20. The average Bonchev–Trinajstić information content (AvgIpc) is 2.76. The molecule has 2 aromatic heterocycles. The molecule has 0 fully saturated rings. The molecule has 5 nitrogen and oxygen atoms in total. The van der Waals surface area contributed by atoms with Crippen LogP contribution in [-0.2, 0) is 13.1 Å². The van der Waals surface area contributed by atoms with E-state index in [-0.39, 0.29) is 0 Å². The van der Waals surface area contributed by atoms with Crippen molar-refractivity contribution in [3.63, 3.8) is 0 Å². The lowest BCUT2D eigenvalue weighted by molar-refractivity contribution is 0.653. The second-order valence-electron chi connectivity index (χ2n) is 2.92. The van der Waals surface area contributed by atoms with Crippen LogP contribution in [0.1, 0.15) is 12.5 Å². The Kier molecular flexibility index (Phi) is 2.80. The number of hydrogen-bond acceptors (Lipinski definition) is 3. The molecule has 0 radical (unpaired) electrons. The highest BCUT2D eigenvalue weighted by Crippen LogP contribution is 2.01. The van der Waals surface area contributed by atoms with E-state index in [9.17, 15) is 0 Å². The fourth-order valence-corrected chi connectivity index (χ4v) is 1.60. The van der Waals surface area contributed by atoms with Gasteiger partial charge in [0.1, 0.15) is 6.33 Å². The molecule has 0 amide bonds. The Bertz CT molecular complexity index is 419. The molecule has 0 unspecified atom stereocenters. The molecule has 2 rings (SSSR count). The van der Waals surface area contributed by atoms with Gasteiger partial charge in [-0.25, -0.2) is 9.67 Å². The molecule has 2 aromatic rings. The molecule has 0 saturated carbocycles. The average molecular weight is 303 g/mol. The van der Waals surface area contributed by atoms with E-state index in [0.717, 1.165) is 22.5 Å². The van der Waals surface area contributed by atoms with Gasteiger partial charge in [0.2, 0.25) is 3.83 Å². The van der Waals surface area contributed by atoms with Gasteiger partial charge >= 0.3 is 0 Å². The summed E-state index contributed by atoms with van der Waals surface area (Å²) in [5.74, 6) is 0. The van der Waals surface area contributed by atoms with Crippen LogP contribution in [0.2, 0.25) is 0 Å². The van der Waals surface area contributed by atoms with Crippen molar-refractivity contribution in [3.05, 3.63) is 28.1 Å². The lowest BCUT2D eigenvalue weighted by atomic mass is 10.4. The summed E-state index contributed by atoms with van der Waals surface area (Å²) in [5, 5.41) is 8.39. The van der Waals surface area contributed by atoms with Gasteiger partial charge in [0.15, 0.2) is 0 Å². The van der Waals surface area contributed by atoms with Crippen molar-refractivity contribution in [3.8, 4) is 0 Å². The standard InChI is InChI=1S/C8H10IN5/c1-2-13-4-7(3-11-13)5-14-6-10-8(9)12-14/h3-4,6H,2,5H2,1H3. The largest absolute Gasteiger partial charge is 0.273 e. The minimum atomic E-state index is 0.732. The molecule has 74 valence electrons. The van der Waals surface area contributed by atoms with Crippen LogP contribution >= 0.6 is 22.6 Å². The third-order valence-electron chi connectivity index (χ3n) is 1.86. The number of aromatic nitrogens is 5. The third kappa shape index (κ3) is 2.11. The molecular formula is C8H10IN5. The first-order valence-electron chi connectivity index (χ1n) is 4.34. The zero-order chi connectivity index (χ0) is 9.97.